The van der Waals surface area contributed by atoms with Gasteiger partial charge in [-0.05, 0) is 6.07 Å². The number of hydrogen-bond donors (Lipinski definition) is 1. The van der Waals surface area contributed by atoms with E-state index in [0.717, 1.165) is 0 Å². The maximum atomic E-state index is 13.5. The molecule has 0 aliphatic rings. The molecule has 18 heavy (non-hydrogen) atoms. The van der Waals surface area contributed by atoms with E-state index in [1.807, 2.05) is 0 Å². The third kappa shape index (κ3) is 1.87. The van der Waals surface area contributed by atoms with E-state index in [-0.39, 0.29) is 29.6 Å². The highest BCUT2D eigenvalue weighted by atomic mass is 19.1. The molecule has 1 aromatic heterocycles. The summed E-state index contributed by atoms with van der Waals surface area (Å²) in [4.78, 5) is 3.15. The Morgan fingerprint density at radius 1 is 1.50 bits per heavy atom. The maximum Gasteiger partial charge on any atom is 0.264 e. The summed E-state index contributed by atoms with van der Waals surface area (Å²) in [5.74, 6) is -0.305. The molecule has 2 N–H and O–H groups in total. The molecule has 1 heterocycles. The molecule has 0 aliphatic carbocycles. The van der Waals surface area contributed by atoms with E-state index >= 15 is 0 Å². The summed E-state index contributed by atoms with van der Waals surface area (Å²) >= 11 is 0. The Kier molecular flexibility index (Phi) is 2.94. The molecule has 88 valence electrons. The van der Waals surface area contributed by atoms with E-state index in [2.05, 4.69) is 9.94 Å². The average Bonchev–Trinajstić information content (AvgIpc) is 2.68. The van der Waals surface area contributed by atoms with E-state index in [4.69, 9.17) is 17.6 Å². The lowest BCUT2D eigenvalue weighted by atomic mass is 10.2. The molecule has 0 spiro atoms. The summed E-state index contributed by atoms with van der Waals surface area (Å²) in [6, 6.07) is 7.99. The average molecular weight is 241 g/mol. The molecule has 1 aromatic carbocycles. The molecule has 0 saturated heterocycles. The molecule has 0 atom stereocenters. The normalized spacial score (nSPS) is 9.72. The predicted molar refractivity (Wildman–Crippen MR) is 63.1 cm³/mol. The van der Waals surface area contributed by atoms with Crippen LogP contribution in [-0.2, 0) is 6.54 Å². The largest absolute Gasteiger partial charge is 0.393 e. The van der Waals surface area contributed by atoms with E-state index in [9.17, 15) is 4.39 Å². The Labute approximate surface area is 103 Å². The second-order valence-corrected chi connectivity index (χ2v) is 3.56. The van der Waals surface area contributed by atoms with Crippen molar-refractivity contribution in [3.63, 3.8) is 0 Å². The minimum absolute atomic E-state index is 0.00818. The molecule has 0 saturated carbocycles. The number of hydrogen-bond acceptors (Lipinski definition) is 3. The summed E-state index contributed by atoms with van der Waals surface area (Å²) in [5, 5.41) is 12.7. The van der Waals surface area contributed by atoms with Gasteiger partial charge in [-0.3, -0.25) is 4.68 Å². The van der Waals surface area contributed by atoms with Crippen molar-refractivity contribution in [3.05, 3.63) is 52.8 Å². The lowest BCUT2D eigenvalue weighted by molar-refractivity contribution is 0.587. The van der Waals surface area contributed by atoms with Crippen molar-refractivity contribution < 1.29 is 4.39 Å². The zero-order valence-corrected chi connectivity index (χ0v) is 9.26. The third-order valence-electron chi connectivity index (χ3n) is 2.46. The zero-order valence-electron chi connectivity index (χ0n) is 9.26. The summed E-state index contributed by atoms with van der Waals surface area (Å²) < 4.78 is 14.7. The monoisotopic (exact) mass is 241 g/mol. The van der Waals surface area contributed by atoms with Crippen LogP contribution in [0.4, 0.5) is 15.9 Å². The number of aromatic nitrogens is 2. The Morgan fingerprint density at radius 2 is 2.22 bits per heavy atom. The van der Waals surface area contributed by atoms with E-state index in [1.54, 1.807) is 24.3 Å². The van der Waals surface area contributed by atoms with Crippen molar-refractivity contribution in [3.8, 4) is 6.07 Å². The third-order valence-corrected chi connectivity index (χ3v) is 2.46. The van der Waals surface area contributed by atoms with Gasteiger partial charge in [-0.2, -0.15) is 10.4 Å². The summed E-state index contributed by atoms with van der Waals surface area (Å²) in [7, 11) is 0. The Morgan fingerprint density at radius 3 is 2.78 bits per heavy atom. The minimum Gasteiger partial charge on any atom is -0.393 e. The zero-order chi connectivity index (χ0) is 13.1. The lowest BCUT2D eigenvalue weighted by Gasteiger charge is -2.05. The van der Waals surface area contributed by atoms with Crippen molar-refractivity contribution in [2.75, 3.05) is 5.73 Å². The maximum absolute atomic E-state index is 13.5. The van der Waals surface area contributed by atoms with Crippen LogP contribution in [0.2, 0.25) is 0 Å². The standard InChI is InChI=1S/C12H8FN5/c1-16-11-10(6-14)17-18(12(11)15)7-8-4-2-3-5-9(8)13/h2-5H,7,15H2. The van der Waals surface area contributed by atoms with Gasteiger partial charge in [0.05, 0.1) is 13.1 Å². The summed E-state index contributed by atoms with van der Waals surface area (Å²) in [5.41, 5.74) is 6.06. The van der Waals surface area contributed by atoms with Crippen LogP contribution in [0.1, 0.15) is 11.3 Å². The van der Waals surface area contributed by atoms with Gasteiger partial charge < -0.3 is 5.73 Å². The molecule has 0 aliphatic heterocycles. The molecular weight excluding hydrogens is 233 g/mol. The molecule has 0 radical (unpaired) electrons. The smallest absolute Gasteiger partial charge is 0.264 e. The molecule has 2 rings (SSSR count). The highest BCUT2D eigenvalue weighted by molar-refractivity contribution is 5.69. The molecule has 0 amide bonds. The van der Waals surface area contributed by atoms with Crippen LogP contribution in [0.3, 0.4) is 0 Å². The Balaban J connectivity index is 2.43. The molecule has 0 fully saturated rings. The number of rotatable bonds is 2. The van der Waals surface area contributed by atoms with Gasteiger partial charge in [-0.15, -0.1) is 0 Å². The van der Waals surface area contributed by atoms with Crippen LogP contribution in [-0.4, -0.2) is 9.78 Å². The van der Waals surface area contributed by atoms with Gasteiger partial charge in [-0.25, -0.2) is 9.24 Å². The number of anilines is 1. The fourth-order valence-corrected chi connectivity index (χ4v) is 1.56. The van der Waals surface area contributed by atoms with Crippen molar-refractivity contribution in [2.24, 2.45) is 0 Å². The second-order valence-electron chi connectivity index (χ2n) is 3.56. The van der Waals surface area contributed by atoms with Crippen molar-refractivity contribution in [1.82, 2.24) is 9.78 Å². The Bertz CT molecular complexity index is 675. The van der Waals surface area contributed by atoms with Crippen molar-refractivity contribution in [2.45, 2.75) is 6.54 Å². The first-order chi connectivity index (χ1) is 8.67. The van der Waals surface area contributed by atoms with Gasteiger partial charge in [0.1, 0.15) is 17.7 Å². The first-order valence-corrected chi connectivity index (χ1v) is 5.04. The molecule has 0 bridgehead atoms. The molecular formula is C12H8FN5. The van der Waals surface area contributed by atoms with Gasteiger partial charge in [0.15, 0.2) is 5.69 Å². The van der Waals surface area contributed by atoms with E-state index in [1.165, 1.54) is 10.7 Å². The highest BCUT2D eigenvalue weighted by Crippen LogP contribution is 2.26. The van der Waals surface area contributed by atoms with Gasteiger partial charge in [-0.1, -0.05) is 18.2 Å². The van der Waals surface area contributed by atoms with Gasteiger partial charge >= 0.3 is 0 Å². The summed E-state index contributed by atoms with van der Waals surface area (Å²) in [6.07, 6.45) is 0. The van der Waals surface area contributed by atoms with Crippen LogP contribution in [0.5, 0.6) is 0 Å². The van der Waals surface area contributed by atoms with Gasteiger partial charge in [0.25, 0.3) is 5.69 Å². The predicted octanol–water partition coefficient (Wildman–Crippen LogP) is 2.08. The first-order valence-electron chi connectivity index (χ1n) is 5.04. The number of nitrogen functional groups attached to an aromatic ring is 1. The van der Waals surface area contributed by atoms with Crippen molar-refractivity contribution >= 4 is 11.5 Å². The topological polar surface area (TPSA) is 72.0 Å². The van der Waals surface area contributed by atoms with Gasteiger partial charge in [0, 0.05) is 5.56 Å². The highest BCUT2D eigenvalue weighted by Gasteiger charge is 2.16. The number of nitrogens with two attached hydrogens (primary N) is 1. The van der Waals surface area contributed by atoms with E-state index < -0.39 is 0 Å². The second kappa shape index (κ2) is 4.56. The fraction of sp³-hybridized carbons (Fsp3) is 0.0833. The first kappa shape index (κ1) is 11.6. The fourth-order valence-electron chi connectivity index (χ4n) is 1.56. The van der Waals surface area contributed by atoms with Gasteiger partial charge in [0.2, 0.25) is 0 Å². The number of nitrogens with zero attached hydrogens (tertiary/aromatic N) is 4. The number of nitriles is 1. The van der Waals surface area contributed by atoms with Crippen LogP contribution in [0.25, 0.3) is 4.85 Å². The molecule has 0 unspecified atom stereocenters. The SMILES string of the molecule is [C-]#[N+]c1c(C#N)nn(Cc2ccccc2F)c1N. The summed E-state index contributed by atoms with van der Waals surface area (Å²) in [6.45, 7) is 7.02. The lowest BCUT2D eigenvalue weighted by Crippen LogP contribution is -2.07. The van der Waals surface area contributed by atoms with Crippen LogP contribution >= 0.6 is 0 Å². The molecule has 2 aromatic rings. The number of benzene rings is 1. The van der Waals surface area contributed by atoms with E-state index in [0.29, 0.717) is 5.56 Å². The quantitative estimate of drug-likeness (QED) is 0.818. The van der Waals surface area contributed by atoms with Crippen LogP contribution in [0, 0.1) is 23.7 Å². The molecule has 5 nitrogen and oxygen atoms in total. The van der Waals surface area contributed by atoms with Crippen molar-refractivity contribution in [1.29, 1.82) is 5.26 Å². The molecule has 6 heteroatoms. The van der Waals surface area contributed by atoms with Crippen LogP contribution < -0.4 is 5.73 Å². The Hall–Kier alpha value is -2.86. The number of halogens is 1. The van der Waals surface area contributed by atoms with Crippen LogP contribution in [0.15, 0.2) is 24.3 Å². The minimum atomic E-state index is -0.379.